The molecule has 0 fully saturated rings. The van der Waals surface area contributed by atoms with Crippen molar-refractivity contribution < 1.29 is 9.47 Å². The number of amidine groups is 2. The molecular formula is C25H38Cl2N4O2. The lowest BCUT2D eigenvalue weighted by Gasteiger charge is -2.10. The Balaban J connectivity index is 0.00000512. The van der Waals surface area contributed by atoms with Crippen LogP contribution >= 0.6 is 24.8 Å². The highest BCUT2D eigenvalue weighted by atomic mass is 35.5. The maximum absolute atomic E-state index is 6.04. The predicted octanol–water partition coefficient (Wildman–Crippen LogP) is 5.39. The Kier molecular flexibility index (Phi) is 15.0. The van der Waals surface area contributed by atoms with Gasteiger partial charge in [0.1, 0.15) is 23.2 Å². The maximum Gasteiger partial charge on any atom is 0.126 e. The van der Waals surface area contributed by atoms with Crippen LogP contribution in [0.2, 0.25) is 0 Å². The minimum Gasteiger partial charge on any atom is -0.494 e. The molecule has 0 heterocycles. The molecule has 0 saturated carbocycles. The summed E-state index contributed by atoms with van der Waals surface area (Å²) in [5.74, 6) is 2.71. The molecule has 0 aliphatic rings. The Morgan fingerprint density at radius 2 is 1.09 bits per heavy atom. The van der Waals surface area contributed by atoms with Gasteiger partial charge in [-0.2, -0.15) is 0 Å². The number of hydrogen-bond acceptors (Lipinski definition) is 4. The lowest BCUT2D eigenvalue weighted by Crippen LogP contribution is -2.15. The molecule has 2 aromatic carbocycles. The number of unbranched alkanes of at least 4 members (excludes halogenated alkanes) is 2. The number of benzene rings is 2. The zero-order chi connectivity index (χ0) is 22.6. The predicted molar refractivity (Wildman–Crippen MR) is 144 cm³/mol. The van der Waals surface area contributed by atoms with Crippen LogP contribution < -0.4 is 20.9 Å². The first-order valence-electron chi connectivity index (χ1n) is 11.0. The molecule has 0 spiro atoms. The Hall–Kier alpha value is -2.44. The van der Waals surface area contributed by atoms with Crippen LogP contribution in [0.5, 0.6) is 11.5 Å². The van der Waals surface area contributed by atoms with E-state index in [1.54, 1.807) is 0 Å². The smallest absolute Gasteiger partial charge is 0.126 e. The third kappa shape index (κ3) is 11.8. The van der Waals surface area contributed by atoms with Crippen molar-refractivity contribution in [1.29, 1.82) is 0 Å². The molecule has 0 aliphatic carbocycles. The van der Waals surface area contributed by atoms with Crippen molar-refractivity contribution in [3.05, 3.63) is 59.7 Å². The van der Waals surface area contributed by atoms with Gasteiger partial charge in [-0.05, 0) is 71.2 Å². The van der Waals surface area contributed by atoms with Crippen LogP contribution in [0.4, 0.5) is 0 Å². The van der Waals surface area contributed by atoms with E-state index >= 15 is 0 Å². The van der Waals surface area contributed by atoms with Crippen LogP contribution in [-0.4, -0.2) is 37.0 Å². The van der Waals surface area contributed by atoms with Gasteiger partial charge in [-0.15, -0.1) is 24.8 Å². The molecule has 33 heavy (non-hydrogen) atoms. The molecular weight excluding hydrogens is 459 g/mol. The van der Waals surface area contributed by atoms with Crippen molar-refractivity contribution in [3.63, 3.8) is 0 Å². The number of hydrogen-bond donors (Lipinski definition) is 2. The number of rotatable bonds is 12. The minimum atomic E-state index is 0. The van der Waals surface area contributed by atoms with Gasteiger partial charge in [0.15, 0.2) is 0 Å². The highest BCUT2D eigenvalue weighted by Crippen LogP contribution is 2.16. The van der Waals surface area contributed by atoms with E-state index in [4.69, 9.17) is 20.9 Å². The molecule has 0 amide bonds. The molecule has 8 heteroatoms. The monoisotopic (exact) mass is 496 g/mol. The number of halogens is 2. The zero-order valence-corrected chi connectivity index (χ0v) is 21.6. The highest BCUT2D eigenvalue weighted by Gasteiger charge is 2.04. The van der Waals surface area contributed by atoms with Crippen LogP contribution in [-0.2, 0) is 0 Å². The zero-order valence-electron chi connectivity index (χ0n) is 20.0. The van der Waals surface area contributed by atoms with Crippen LogP contribution in [0.15, 0.2) is 58.5 Å². The summed E-state index contributed by atoms with van der Waals surface area (Å²) in [5.41, 5.74) is 13.9. The van der Waals surface area contributed by atoms with Crippen molar-refractivity contribution in [2.45, 2.75) is 59.0 Å². The van der Waals surface area contributed by atoms with Gasteiger partial charge in [0.25, 0.3) is 0 Å². The molecule has 4 N–H and O–H groups in total. The maximum atomic E-state index is 6.04. The van der Waals surface area contributed by atoms with E-state index in [1.165, 1.54) is 0 Å². The van der Waals surface area contributed by atoms with Crippen LogP contribution in [0, 0.1) is 0 Å². The summed E-state index contributed by atoms with van der Waals surface area (Å²) in [7, 11) is 0. The summed E-state index contributed by atoms with van der Waals surface area (Å²) in [6.45, 7) is 9.33. The number of aliphatic imine (C=N–C) groups is 2. The van der Waals surface area contributed by atoms with Gasteiger partial charge in [-0.1, -0.05) is 24.3 Å². The molecule has 2 aromatic rings. The summed E-state index contributed by atoms with van der Waals surface area (Å²) >= 11 is 0. The normalized spacial score (nSPS) is 11.7. The van der Waals surface area contributed by atoms with Crippen LogP contribution in [0.1, 0.15) is 58.1 Å². The fourth-order valence-corrected chi connectivity index (χ4v) is 2.96. The Morgan fingerprint density at radius 3 is 1.45 bits per heavy atom. The molecule has 0 radical (unpaired) electrons. The van der Waals surface area contributed by atoms with Gasteiger partial charge in [-0.25, -0.2) is 0 Å². The second-order valence-electron chi connectivity index (χ2n) is 8.03. The van der Waals surface area contributed by atoms with E-state index in [2.05, 4.69) is 9.98 Å². The number of nitrogens with two attached hydrogens (primary N) is 2. The minimum absolute atomic E-state index is 0. The molecule has 0 aromatic heterocycles. The second-order valence-corrected chi connectivity index (χ2v) is 8.03. The van der Waals surface area contributed by atoms with E-state index in [0.717, 1.165) is 41.9 Å². The average Bonchev–Trinajstić information content (AvgIpc) is 2.72. The van der Waals surface area contributed by atoms with Gasteiger partial charge in [-0.3, -0.25) is 9.98 Å². The van der Waals surface area contributed by atoms with Gasteiger partial charge in [0, 0.05) is 23.2 Å². The quantitative estimate of drug-likeness (QED) is 0.234. The largest absolute Gasteiger partial charge is 0.494 e. The number of ether oxygens (including phenoxy) is 2. The molecule has 0 atom stereocenters. The fraction of sp³-hybridized carbons (Fsp3) is 0.440. The van der Waals surface area contributed by atoms with E-state index in [-0.39, 0.29) is 36.9 Å². The molecule has 6 nitrogen and oxygen atoms in total. The van der Waals surface area contributed by atoms with Gasteiger partial charge >= 0.3 is 0 Å². The third-order valence-corrected chi connectivity index (χ3v) is 4.38. The summed E-state index contributed by atoms with van der Waals surface area (Å²) in [4.78, 5) is 8.77. The lowest BCUT2D eigenvalue weighted by molar-refractivity contribution is 0.279. The molecule has 184 valence electrons. The first-order valence-corrected chi connectivity index (χ1v) is 11.0. The molecule has 0 bridgehead atoms. The Labute approximate surface area is 210 Å². The third-order valence-electron chi connectivity index (χ3n) is 4.38. The summed E-state index contributed by atoms with van der Waals surface area (Å²) in [6, 6.07) is 15.9. The lowest BCUT2D eigenvalue weighted by atomic mass is 10.2. The van der Waals surface area contributed by atoms with E-state index < -0.39 is 0 Å². The van der Waals surface area contributed by atoms with E-state index in [9.17, 15) is 0 Å². The molecule has 0 saturated heterocycles. The molecule has 0 aliphatic heterocycles. The summed E-state index contributed by atoms with van der Waals surface area (Å²) < 4.78 is 11.7. The van der Waals surface area contributed by atoms with Crippen LogP contribution in [0.3, 0.4) is 0 Å². The summed E-state index contributed by atoms with van der Waals surface area (Å²) in [5, 5.41) is 0. The van der Waals surface area contributed by atoms with Crippen LogP contribution in [0.25, 0.3) is 0 Å². The van der Waals surface area contributed by atoms with Gasteiger partial charge in [0.2, 0.25) is 0 Å². The fourth-order valence-electron chi connectivity index (χ4n) is 2.96. The van der Waals surface area contributed by atoms with Crippen molar-refractivity contribution in [2.24, 2.45) is 21.5 Å². The molecule has 0 unspecified atom stereocenters. The van der Waals surface area contributed by atoms with Gasteiger partial charge in [0.05, 0.1) is 13.2 Å². The topological polar surface area (TPSA) is 95.2 Å². The Bertz CT molecular complexity index is 815. The number of nitrogens with zero attached hydrogens (tertiary/aromatic N) is 2. The first-order chi connectivity index (χ1) is 14.8. The van der Waals surface area contributed by atoms with Crippen molar-refractivity contribution in [3.8, 4) is 11.5 Å². The van der Waals surface area contributed by atoms with Crippen molar-refractivity contribution in [1.82, 2.24) is 0 Å². The van der Waals surface area contributed by atoms with Crippen molar-refractivity contribution in [2.75, 3.05) is 13.2 Å². The van der Waals surface area contributed by atoms with E-state index in [0.29, 0.717) is 24.9 Å². The van der Waals surface area contributed by atoms with Crippen molar-refractivity contribution >= 4 is 36.5 Å². The highest BCUT2D eigenvalue weighted by molar-refractivity contribution is 5.98. The SMILES string of the molecule is CC(C)N=C(N)c1cccc(OCCCCCOc2cccc(C(N)=NC(C)C)c2)c1.Cl.Cl. The second kappa shape index (κ2) is 16.2. The summed E-state index contributed by atoms with van der Waals surface area (Å²) in [6.07, 6.45) is 2.93. The average molecular weight is 498 g/mol. The standard InChI is InChI=1S/C25H36N4O2.2ClH/c1-18(2)28-24(26)20-10-8-12-22(16-20)30-14-6-5-7-15-31-23-13-9-11-21(17-23)25(27)29-19(3)4;;/h8-13,16-19H,5-7,14-15H2,1-4H3,(H2,26,28)(H2,27,29);2*1H. The van der Waals surface area contributed by atoms with Gasteiger partial charge < -0.3 is 20.9 Å². The first kappa shape index (κ1) is 30.6. The molecule has 2 rings (SSSR count). The Morgan fingerprint density at radius 1 is 0.697 bits per heavy atom. The van der Waals surface area contributed by atoms with E-state index in [1.807, 2.05) is 76.2 Å².